The van der Waals surface area contributed by atoms with Crippen LogP contribution in [0.3, 0.4) is 0 Å². The van der Waals surface area contributed by atoms with E-state index in [-0.39, 0.29) is 0 Å². The molecule has 0 radical (unpaired) electrons. The second kappa shape index (κ2) is 5.05. The van der Waals surface area contributed by atoms with E-state index in [1.165, 1.54) is 4.88 Å². The molecule has 6 heteroatoms. The average Bonchev–Trinajstić information content (AvgIpc) is 2.73. The standard InChI is InChI=1S/C10H7BrN4S/c11-9-3-2-8(16-9)6-13-10-4-1-7(5-12)14-15-10/h1-4H,6H2,(H,13,15). The summed E-state index contributed by atoms with van der Waals surface area (Å²) in [6, 6.07) is 9.36. The Morgan fingerprint density at radius 2 is 2.19 bits per heavy atom. The lowest BCUT2D eigenvalue weighted by molar-refractivity contribution is 0.989. The maximum atomic E-state index is 8.56. The third-order valence-corrected chi connectivity index (χ3v) is 3.48. The molecule has 2 heterocycles. The third kappa shape index (κ3) is 2.78. The summed E-state index contributed by atoms with van der Waals surface area (Å²) in [7, 11) is 0. The summed E-state index contributed by atoms with van der Waals surface area (Å²) in [6.07, 6.45) is 0. The van der Waals surface area contributed by atoms with Gasteiger partial charge in [-0.15, -0.1) is 21.5 Å². The Morgan fingerprint density at radius 1 is 1.31 bits per heavy atom. The van der Waals surface area contributed by atoms with Crippen molar-refractivity contribution in [3.05, 3.63) is 38.6 Å². The fourth-order valence-electron chi connectivity index (χ4n) is 1.11. The van der Waals surface area contributed by atoms with Gasteiger partial charge in [0.1, 0.15) is 11.9 Å². The molecule has 0 bridgehead atoms. The van der Waals surface area contributed by atoms with Crippen molar-refractivity contribution in [3.8, 4) is 6.07 Å². The number of nitrogens with one attached hydrogen (secondary N) is 1. The number of rotatable bonds is 3. The summed E-state index contributed by atoms with van der Waals surface area (Å²) in [5.41, 5.74) is 0.324. The minimum atomic E-state index is 0.324. The van der Waals surface area contributed by atoms with Crippen molar-refractivity contribution < 1.29 is 0 Å². The fourth-order valence-corrected chi connectivity index (χ4v) is 2.53. The van der Waals surface area contributed by atoms with Gasteiger partial charge in [-0.25, -0.2) is 0 Å². The maximum Gasteiger partial charge on any atom is 0.163 e. The van der Waals surface area contributed by atoms with Crippen LogP contribution in [-0.2, 0) is 6.54 Å². The topological polar surface area (TPSA) is 61.6 Å². The maximum absolute atomic E-state index is 8.56. The van der Waals surface area contributed by atoms with Crippen LogP contribution in [0.5, 0.6) is 0 Å². The molecule has 0 aromatic carbocycles. The Labute approximate surface area is 105 Å². The molecule has 1 N–H and O–H groups in total. The molecule has 2 rings (SSSR count). The van der Waals surface area contributed by atoms with E-state index in [0.29, 0.717) is 18.1 Å². The molecule has 0 aliphatic carbocycles. The van der Waals surface area contributed by atoms with Gasteiger partial charge < -0.3 is 5.32 Å². The molecule has 0 saturated heterocycles. The zero-order valence-corrected chi connectivity index (χ0v) is 10.5. The molecule has 0 atom stereocenters. The summed E-state index contributed by atoms with van der Waals surface area (Å²) >= 11 is 5.07. The van der Waals surface area contributed by atoms with Gasteiger partial charge in [0.2, 0.25) is 0 Å². The van der Waals surface area contributed by atoms with E-state index in [4.69, 9.17) is 5.26 Å². The largest absolute Gasteiger partial charge is 0.364 e. The molecule has 16 heavy (non-hydrogen) atoms. The van der Waals surface area contributed by atoms with Gasteiger partial charge in [-0.2, -0.15) is 5.26 Å². The smallest absolute Gasteiger partial charge is 0.163 e. The molecule has 0 saturated carbocycles. The van der Waals surface area contributed by atoms with Crippen LogP contribution in [0.15, 0.2) is 28.1 Å². The van der Waals surface area contributed by atoms with Gasteiger partial charge in [-0.3, -0.25) is 0 Å². The lowest BCUT2D eigenvalue weighted by Gasteiger charge is -2.01. The normalized spacial score (nSPS) is 9.75. The molecule has 80 valence electrons. The highest BCUT2D eigenvalue weighted by atomic mass is 79.9. The number of hydrogen-bond donors (Lipinski definition) is 1. The Kier molecular flexibility index (Phi) is 3.49. The minimum absolute atomic E-state index is 0.324. The SMILES string of the molecule is N#Cc1ccc(NCc2ccc(Br)s2)nn1. The van der Waals surface area contributed by atoms with Gasteiger partial charge in [0.15, 0.2) is 5.69 Å². The highest BCUT2D eigenvalue weighted by molar-refractivity contribution is 9.11. The average molecular weight is 295 g/mol. The molecular weight excluding hydrogens is 288 g/mol. The van der Waals surface area contributed by atoms with E-state index in [2.05, 4.69) is 31.4 Å². The molecule has 0 fully saturated rings. The molecule has 2 aromatic heterocycles. The first kappa shape index (κ1) is 11.0. The van der Waals surface area contributed by atoms with E-state index in [1.807, 2.05) is 18.2 Å². The summed E-state index contributed by atoms with van der Waals surface area (Å²) in [6.45, 7) is 0.705. The van der Waals surface area contributed by atoms with Crippen LogP contribution in [0.25, 0.3) is 0 Å². The van der Waals surface area contributed by atoms with Crippen LogP contribution in [0.1, 0.15) is 10.6 Å². The lowest BCUT2D eigenvalue weighted by Crippen LogP contribution is -2.01. The highest BCUT2D eigenvalue weighted by Crippen LogP contribution is 2.22. The molecule has 0 unspecified atom stereocenters. The number of nitriles is 1. The number of hydrogen-bond acceptors (Lipinski definition) is 5. The van der Waals surface area contributed by atoms with Crippen LogP contribution in [0.2, 0.25) is 0 Å². The number of thiophene rings is 1. The Bertz CT molecular complexity index is 514. The van der Waals surface area contributed by atoms with Crippen molar-refractivity contribution in [3.63, 3.8) is 0 Å². The zero-order chi connectivity index (χ0) is 11.4. The van der Waals surface area contributed by atoms with E-state index >= 15 is 0 Å². The highest BCUT2D eigenvalue weighted by Gasteiger charge is 1.99. The number of nitrogens with zero attached hydrogens (tertiary/aromatic N) is 3. The second-order valence-corrected chi connectivity index (χ2v) is 5.52. The monoisotopic (exact) mass is 294 g/mol. The van der Waals surface area contributed by atoms with Gasteiger partial charge >= 0.3 is 0 Å². The van der Waals surface area contributed by atoms with Gasteiger partial charge in [0.05, 0.1) is 10.3 Å². The van der Waals surface area contributed by atoms with Crippen molar-refractivity contribution in [2.24, 2.45) is 0 Å². The number of aromatic nitrogens is 2. The Morgan fingerprint density at radius 3 is 2.75 bits per heavy atom. The van der Waals surface area contributed by atoms with Crippen LogP contribution >= 0.6 is 27.3 Å². The number of halogens is 1. The molecule has 2 aromatic rings. The van der Waals surface area contributed by atoms with Gasteiger partial charge in [-0.1, -0.05) is 0 Å². The van der Waals surface area contributed by atoms with Gasteiger partial charge in [-0.05, 0) is 40.2 Å². The summed E-state index contributed by atoms with van der Waals surface area (Å²) in [5.74, 6) is 0.670. The van der Waals surface area contributed by atoms with Crippen molar-refractivity contribution in [2.45, 2.75) is 6.54 Å². The van der Waals surface area contributed by atoms with E-state index in [9.17, 15) is 0 Å². The first-order chi connectivity index (χ1) is 7.78. The molecular formula is C10H7BrN4S. The Hall–Kier alpha value is -1.45. The summed E-state index contributed by atoms with van der Waals surface area (Å²) < 4.78 is 1.11. The quantitative estimate of drug-likeness (QED) is 0.945. The van der Waals surface area contributed by atoms with Crippen LogP contribution in [-0.4, -0.2) is 10.2 Å². The molecule has 4 nitrogen and oxygen atoms in total. The van der Waals surface area contributed by atoms with Crippen molar-refractivity contribution in [2.75, 3.05) is 5.32 Å². The van der Waals surface area contributed by atoms with Crippen LogP contribution in [0.4, 0.5) is 5.82 Å². The van der Waals surface area contributed by atoms with E-state index in [1.54, 1.807) is 23.5 Å². The first-order valence-corrected chi connectivity index (χ1v) is 6.11. The third-order valence-electron chi connectivity index (χ3n) is 1.85. The van der Waals surface area contributed by atoms with Crippen molar-refractivity contribution in [1.29, 1.82) is 5.26 Å². The Balaban J connectivity index is 1.97. The number of anilines is 1. The predicted molar refractivity (Wildman–Crippen MR) is 66.1 cm³/mol. The summed E-state index contributed by atoms with van der Waals surface area (Å²) in [4.78, 5) is 1.21. The molecule has 0 aliphatic rings. The first-order valence-electron chi connectivity index (χ1n) is 4.50. The molecule has 0 amide bonds. The fraction of sp³-hybridized carbons (Fsp3) is 0.100. The minimum Gasteiger partial charge on any atom is -0.364 e. The van der Waals surface area contributed by atoms with Gasteiger partial charge in [0, 0.05) is 4.88 Å². The van der Waals surface area contributed by atoms with E-state index < -0.39 is 0 Å². The van der Waals surface area contributed by atoms with Crippen molar-refractivity contribution in [1.82, 2.24) is 10.2 Å². The summed E-state index contributed by atoms with van der Waals surface area (Å²) in [5, 5.41) is 19.3. The van der Waals surface area contributed by atoms with Crippen LogP contribution < -0.4 is 5.32 Å². The molecule has 0 aliphatic heterocycles. The predicted octanol–water partition coefficient (Wildman–Crippen LogP) is 2.78. The lowest BCUT2D eigenvalue weighted by atomic mass is 10.4. The van der Waals surface area contributed by atoms with Crippen molar-refractivity contribution >= 4 is 33.1 Å². The molecule has 0 spiro atoms. The van der Waals surface area contributed by atoms with Gasteiger partial charge in [0.25, 0.3) is 0 Å². The second-order valence-electron chi connectivity index (χ2n) is 2.97. The van der Waals surface area contributed by atoms with E-state index in [0.717, 1.165) is 3.79 Å². The van der Waals surface area contributed by atoms with Crippen LogP contribution in [0, 0.1) is 11.3 Å². The zero-order valence-electron chi connectivity index (χ0n) is 8.14.